The van der Waals surface area contributed by atoms with E-state index in [4.69, 9.17) is 16.3 Å². The summed E-state index contributed by atoms with van der Waals surface area (Å²) in [6, 6.07) is 5.16. The van der Waals surface area contributed by atoms with Crippen LogP contribution < -0.4 is 14.8 Å². The van der Waals surface area contributed by atoms with Gasteiger partial charge in [-0.15, -0.1) is 0 Å². The minimum Gasteiger partial charge on any atom is -0.490 e. The quantitative estimate of drug-likeness (QED) is 0.637. The number of hydrogen-bond donors (Lipinski definition) is 2. The Morgan fingerprint density at radius 2 is 1.97 bits per heavy atom. The molecule has 2 N–H and O–H groups in total. The predicted octanol–water partition coefficient (Wildman–Crippen LogP) is 3.82. The molecule has 0 fully saturated rings. The summed E-state index contributed by atoms with van der Waals surface area (Å²) in [6.45, 7) is 1.45. The van der Waals surface area contributed by atoms with E-state index in [-0.39, 0.29) is 34.4 Å². The number of sulfonamides is 1. The van der Waals surface area contributed by atoms with Crippen LogP contribution in [0, 0.1) is 5.82 Å². The van der Waals surface area contributed by atoms with Crippen molar-refractivity contribution in [1.82, 2.24) is 5.32 Å². The standard InChI is InChI=1S/C19H17ClF4N2O4S/c1-2-10-3-6-16(31(28,29)26-11-4-5-15(21)14(20)8-11)17-13(10)7-12(9-30-17)25-18(27)19(22,23)24/h3-6,8,12,26H,2,7,9H2,1H3,(H,25,27)/t12-/m1/s1. The van der Waals surface area contributed by atoms with Gasteiger partial charge in [0.15, 0.2) is 0 Å². The summed E-state index contributed by atoms with van der Waals surface area (Å²) >= 11 is 5.68. The lowest BCUT2D eigenvalue weighted by atomic mass is 9.95. The monoisotopic (exact) mass is 480 g/mol. The SMILES string of the molecule is CCc1ccc(S(=O)(=O)Nc2ccc(F)c(Cl)c2)c2c1C[C@@H](NC(=O)C(F)(F)F)CO2. The summed E-state index contributed by atoms with van der Waals surface area (Å²) in [6.07, 6.45) is -4.61. The number of alkyl halides is 3. The molecule has 0 radical (unpaired) electrons. The Kier molecular flexibility index (Phi) is 6.38. The van der Waals surface area contributed by atoms with Crippen LogP contribution in [0.4, 0.5) is 23.2 Å². The lowest BCUT2D eigenvalue weighted by molar-refractivity contribution is -0.174. The fourth-order valence-electron chi connectivity index (χ4n) is 3.19. The molecule has 1 aliphatic rings. The second-order valence-electron chi connectivity index (χ2n) is 6.80. The number of nitrogens with one attached hydrogen (secondary N) is 2. The summed E-state index contributed by atoms with van der Waals surface area (Å²) in [5, 5.41) is 1.58. The van der Waals surface area contributed by atoms with Crippen LogP contribution in [-0.2, 0) is 27.7 Å². The van der Waals surface area contributed by atoms with E-state index < -0.39 is 34.0 Å². The van der Waals surface area contributed by atoms with Gasteiger partial charge >= 0.3 is 12.1 Å². The van der Waals surface area contributed by atoms with Crippen molar-refractivity contribution in [2.24, 2.45) is 0 Å². The first-order valence-electron chi connectivity index (χ1n) is 9.05. The van der Waals surface area contributed by atoms with E-state index in [0.717, 1.165) is 12.1 Å². The first-order chi connectivity index (χ1) is 14.4. The average molecular weight is 481 g/mol. The van der Waals surface area contributed by atoms with Gasteiger partial charge in [-0.1, -0.05) is 24.6 Å². The normalized spacial score (nSPS) is 16.3. The molecule has 0 spiro atoms. The molecule has 0 aromatic heterocycles. The highest BCUT2D eigenvalue weighted by molar-refractivity contribution is 7.92. The zero-order chi connectivity index (χ0) is 23.0. The maximum atomic E-state index is 13.3. The molecular weight excluding hydrogens is 464 g/mol. The number of rotatable bonds is 5. The Bertz CT molecular complexity index is 1120. The maximum Gasteiger partial charge on any atom is 0.471 e. The Balaban J connectivity index is 1.93. The number of carbonyl (C=O) groups is 1. The van der Waals surface area contributed by atoms with Crippen LogP contribution in [-0.4, -0.2) is 33.1 Å². The molecule has 0 aliphatic carbocycles. The summed E-state index contributed by atoms with van der Waals surface area (Å²) in [4.78, 5) is 11.0. The predicted molar refractivity (Wildman–Crippen MR) is 105 cm³/mol. The Morgan fingerprint density at radius 1 is 1.26 bits per heavy atom. The Hall–Kier alpha value is -2.53. The third-order valence-corrected chi connectivity index (χ3v) is 6.33. The summed E-state index contributed by atoms with van der Waals surface area (Å²) in [5.74, 6) is -2.82. The number of aryl methyl sites for hydroxylation is 1. The second kappa shape index (κ2) is 8.54. The lowest BCUT2D eigenvalue weighted by Crippen LogP contribution is -2.48. The van der Waals surface area contributed by atoms with Gasteiger partial charge in [0.25, 0.3) is 10.0 Å². The van der Waals surface area contributed by atoms with E-state index in [0.29, 0.717) is 17.5 Å². The van der Waals surface area contributed by atoms with E-state index in [1.165, 1.54) is 18.2 Å². The molecule has 2 aromatic rings. The molecule has 0 saturated carbocycles. The molecule has 12 heteroatoms. The third kappa shape index (κ3) is 5.04. The van der Waals surface area contributed by atoms with E-state index in [1.54, 1.807) is 6.92 Å². The molecule has 1 heterocycles. The molecule has 1 amide bonds. The smallest absolute Gasteiger partial charge is 0.471 e. The molecule has 6 nitrogen and oxygen atoms in total. The van der Waals surface area contributed by atoms with E-state index >= 15 is 0 Å². The topological polar surface area (TPSA) is 84.5 Å². The number of amides is 1. The van der Waals surface area contributed by atoms with Gasteiger partial charge in [0.05, 0.1) is 16.8 Å². The number of carbonyl (C=O) groups excluding carboxylic acids is 1. The molecule has 1 aliphatic heterocycles. The molecule has 3 rings (SSSR count). The first-order valence-corrected chi connectivity index (χ1v) is 10.9. The largest absolute Gasteiger partial charge is 0.490 e. The lowest BCUT2D eigenvalue weighted by Gasteiger charge is -2.29. The fraction of sp³-hybridized carbons (Fsp3) is 0.316. The number of ether oxygens (including phenoxy) is 1. The van der Waals surface area contributed by atoms with Crippen LogP contribution in [0.25, 0.3) is 0 Å². The van der Waals surface area contributed by atoms with Gasteiger partial charge in [-0.05, 0) is 42.7 Å². The zero-order valence-corrected chi connectivity index (χ0v) is 17.6. The van der Waals surface area contributed by atoms with Crippen LogP contribution in [0.1, 0.15) is 18.1 Å². The minimum atomic E-state index is -5.04. The number of anilines is 1. The van der Waals surface area contributed by atoms with E-state index in [9.17, 15) is 30.8 Å². The first kappa shape index (κ1) is 23.1. The number of benzene rings is 2. The Morgan fingerprint density at radius 3 is 2.58 bits per heavy atom. The maximum absolute atomic E-state index is 13.3. The van der Waals surface area contributed by atoms with Crippen LogP contribution in [0.15, 0.2) is 35.2 Å². The van der Waals surface area contributed by atoms with Gasteiger partial charge in [0.2, 0.25) is 0 Å². The van der Waals surface area contributed by atoms with Crippen molar-refractivity contribution in [2.75, 3.05) is 11.3 Å². The van der Waals surface area contributed by atoms with Crippen LogP contribution >= 0.6 is 11.6 Å². The number of fused-ring (bicyclic) bond motifs is 1. The van der Waals surface area contributed by atoms with Crippen molar-refractivity contribution < 1.29 is 35.5 Å². The summed E-state index contributed by atoms with van der Waals surface area (Å²) < 4.78 is 84.6. The molecule has 0 unspecified atom stereocenters. The van der Waals surface area contributed by atoms with Gasteiger partial charge in [0, 0.05) is 5.56 Å². The molecule has 0 bridgehead atoms. The molecule has 168 valence electrons. The van der Waals surface area contributed by atoms with Crippen molar-refractivity contribution in [1.29, 1.82) is 0 Å². The van der Waals surface area contributed by atoms with Crippen molar-refractivity contribution >= 4 is 33.2 Å². The highest BCUT2D eigenvalue weighted by Crippen LogP contribution is 2.36. The zero-order valence-electron chi connectivity index (χ0n) is 16.0. The van der Waals surface area contributed by atoms with Crippen molar-refractivity contribution in [3.8, 4) is 5.75 Å². The van der Waals surface area contributed by atoms with Crippen LogP contribution in [0.2, 0.25) is 5.02 Å². The summed E-state index contributed by atoms with van der Waals surface area (Å²) in [5.41, 5.74) is 1.08. The highest BCUT2D eigenvalue weighted by atomic mass is 35.5. The van der Waals surface area contributed by atoms with Crippen LogP contribution in [0.3, 0.4) is 0 Å². The minimum absolute atomic E-state index is 0.00225. The Labute approximate surface area is 180 Å². The average Bonchev–Trinajstić information content (AvgIpc) is 2.68. The number of halogens is 5. The van der Waals surface area contributed by atoms with Crippen molar-refractivity contribution in [3.63, 3.8) is 0 Å². The van der Waals surface area contributed by atoms with Crippen LogP contribution in [0.5, 0.6) is 5.75 Å². The van der Waals surface area contributed by atoms with Gasteiger partial charge in [-0.25, -0.2) is 12.8 Å². The van der Waals surface area contributed by atoms with Gasteiger partial charge < -0.3 is 10.1 Å². The van der Waals surface area contributed by atoms with E-state index in [1.807, 2.05) is 5.32 Å². The van der Waals surface area contributed by atoms with Crippen molar-refractivity contribution in [3.05, 3.63) is 52.3 Å². The molecular formula is C19H17ClF4N2O4S. The van der Waals surface area contributed by atoms with Gasteiger partial charge in [-0.2, -0.15) is 13.2 Å². The molecule has 0 saturated heterocycles. The molecule has 1 atom stereocenters. The number of hydrogen-bond acceptors (Lipinski definition) is 4. The van der Waals surface area contributed by atoms with Crippen molar-refractivity contribution in [2.45, 2.75) is 36.9 Å². The fourth-order valence-corrected chi connectivity index (χ4v) is 4.59. The summed E-state index contributed by atoms with van der Waals surface area (Å²) in [7, 11) is -4.20. The highest BCUT2D eigenvalue weighted by Gasteiger charge is 2.41. The van der Waals surface area contributed by atoms with E-state index in [2.05, 4.69) is 4.72 Å². The molecule has 2 aromatic carbocycles. The van der Waals surface area contributed by atoms with Gasteiger partial charge in [0.1, 0.15) is 23.1 Å². The van der Waals surface area contributed by atoms with Gasteiger partial charge in [-0.3, -0.25) is 9.52 Å². The molecule has 31 heavy (non-hydrogen) atoms. The third-order valence-electron chi connectivity index (χ3n) is 4.64. The second-order valence-corrected chi connectivity index (χ2v) is 8.86.